The molecule has 1 rings (SSSR count). The molecule has 126 valence electrons. The summed E-state index contributed by atoms with van der Waals surface area (Å²) >= 11 is 0. The molecule has 0 radical (unpaired) electrons. The molecule has 2 atom stereocenters. The Hall–Kier alpha value is -1.02. The van der Waals surface area contributed by atoms with Crippen molar-refractivity contribution in [1.82, 2.24) is 4.90 Å². The molecule has 0 spiro atoms. The molecular formula is C20H35NO. The molecule has 0 fully saturated rings. The summed E-state index contributed by atoms with van der Waals surface area (Å²) in [4.78, 5) is 2.70. The molecule has 0 bridgehead atoms. The van der Waals surface area contributed by atoms with Crippen LogP contribution < -0.4 is 4.74 Å². The van der Waals surface area contributed by atoms with Crippen LogP contribution in [0.2, 0.25) is 0 Å². The maximum absolute atomic E-state index is 5.52. The van der Waals surface area contributed by atoms with Gasteiger partial charge in [0, 0.05) is 6.04 Å². The molecule has 2 heteroatoms. The minimum atomic E-state index is 0.535. The van der Waals surface area contributed by atoms with Crippen LogP contribution in [-0.4, -0.2) is 31.1 Å². The highest BCUT2D eigenvalue weighted by atomic mass is 16.5. The Morgan fingerprint density at radius 2 is 1.68 bits per heavy atom. The van der Waals surface area contributed by atoms with Crippen molar-refractivity contribution in [2.75, 3.05) is 20.2 Å². The van der Waals surface area contributed by atoms with Gasteiger partial charge >= 0.3 is 0 Å². The summed E-state index contributed by atoms with van der Waals surface area (Å²) in [5, 5.41) is 0. The zero-order valence-corrected chi connectivity index (χ0v) is 15.5. The van der Waals surface area contributed by atoms with Gasteiger partial charge in [-0.3, -0.25) is 4.90 Å². The third kappa shape index (κ3) is 4.74. The van der Waals surface area contributed by atoms with Gasteiger partial charge in [-0.1, -0.05) is 46.2 Å². The van der Waals surface area contributed by atoms with Gasteiger partial charge in [-0.2, -0.15) is 0 Å². The first-order chi connectivity index (χ1) is 10.6. The lowest BCUT2D eigenvalue weighted by atomic mass is 9.86. The SMILES string of the molecule is CCC[C@H](C(C)c1cccc(OC)c1C)N(CCC)CCC. The van der Waals surface area contributed by atoms with E-state index in [0.29, 0.717) is 12.0 Å². The second-order valence-corrected chi connectivity index (χ2v) is 6.36. The number of hydrogen-bond acceptors (Lipinski definition) is 2. The molecule has 0 aromatic heterocycles. The van der Waals surface area contributed by atoms with Crippen molar-refractivity contribution < 1.29 is 4.74 Å². The van der Waals surface area contributed by atoms with E-state index in [1.165, 1.54) is 49.9 Å². The average molecular weight is 306 g/mol. The van der Waals surface area contributed by atoms with Crippen LogP contribution in [0.25, 0.3) is 0 Å². The van der Waals surface area contributed by atoms with Crippen molar-refractivity contribution in [2.24, 2.45) is 0 Å². The van der Waals surface area contributed by atoms with Gasteiger partial charge in [0.25, 0.3) is 0 Å². The predicted octanol–water partition coefficient (Wildman–Crippen LogP) is 5.40. The molecule has 0 N–H and O–H groups in total. The Labute approximate surface area is 137 Å². The molecule has 22 heavy (non-hydrogen) atoms. The number of ether oxygens (including phenoxy) is 1. The molecule has 0 saturated heterocycles. The maximum atomic E-state index is 5.52. The highest BCUT2D eigenvalue weighted by Crippen LogP contribution is 2.32. The van der Waals surface area contributed by atoms with E-state index in [1.54, 1.807) is 7.11 Å². The monoisotopic (exact) mass is 305 g/mol. The molecule has 0 amide bonds. The summed E-state index contributed by atoms with van der Waals surface area (Å²) in [5.41, 5.74) is 2.74. The number of methoxy groups -OCH3 is 1. The molecule has 1 aromatic rings. The van der Waals surface area contributed by atoms with Crippen LogP contribution in [0.4, 0.5) is 0 Å². The number of nitrogens with zero attached hydrogens (tertiary/aromatic N) is 1. The first-order valence-corrected chi connectivity index (χ1v) is 8.98. The second kappa shape index (κ2) is 9.89. The highest BCUT2D eigenvalue weighted by molar-refractivity contribution is 5.41. The zero-order valence-electron chi connectivity index (χ0n) is 15.5. The molecule has 0 saturated carbocycles. The minimum absolute atomic E-state index is 0.535. The standard InChI is InChI=1S/C20H35NO/c1-7-11-19(21(14-8-2)15-9-3)16(4)18-12-10-13-20(22-6)17(18)5/h10,12-13,16,19H,7-9,11,14-15H2,1-6H3/t16?,19-/m1/s1. The van der Waals surface area contributed by atoms with Crippen LogP contribution in [0, 0.1) is 6.92 Å². The lowest BCUT2D eigenvalue weighted by molar-refractivity contribution is 0.164. The molecular weight excluding hydrogens is 270 g/mol. The Bertz CT molecular complexity index is 424. The molecule has 0 aliphatic rings. The fraction of sp³-hybridized carbons (Fsp3) is 0.700. The smallest absolute Gasteiger partial charge is 0.122 e. The first-order valence-electron chi connectivity index (χ1n) is 8.98. The van der Waals surface area contributed by atoms with Crippen LogP contribution in [-0.2, 0) is 0 Å². The minimum Gasteiger partial charge on any atom is -0.496 e. The van der Waals surface area contributed by atoms with E-state index in [1.807, 2.05) is 0 Å². The van der Waals surface area contributed by atoms with Gasteiger partial charge in [-0.05, 0) is 62.4 Å². The molecule has 0 aliphatic carbocycles. The van der Waals surface area contributed by atoms with E-state index in [4.69, 9.17) is 4.74 Å². The van der Waals surface area contributed by atoms with E-state index >= 15 is 0 Å². The van der Waals surface area contributed by atoms with Crippen molar-refractivity contribution in [3.63, 3.8) is 0 Å². The fourth-order valence-corrected chi connectivity index (χ4v) is 3.62. The van der Waals surface area contributed by atoms with Gasteiger partial charge in [0.2, 0.25) is 0 Å². The van der Waals surface area contributed by atoms with Crippen LogP contribution in [0.15, 0.2) is 18.2 Å². The maximum Gasteiger partial charge on any atom is 0.122 e. The predicted molar refractivity (Wildman–Crippen MR) is 97.0 cm³/mol. The van der Waals surface area contributed by atoms with E-state index < -0.39 is 0 Å². The first kappa shape index (κ1) is 19.0. The normalized spacial score (nSPS) is 14.1. The van der Waals surface area contributed by atoms with E-state index in [2.05, 4.69) is 57.7 Å². The van der Waals surface area contributed by atoms with Crippen molar-refractivity contribution in [3.8, 4) is 5.75 Å². The number of hydrogen-bond donors (Lipinski definition) is 0. The van der Waals surface area contributed by atoms with Crippen LogP contribution >= 0.6 is 0 Å². The molecule has 0 heterocycles. The summed E-state index contributed by atoms with van der Waals surface area (Å²) in [7, 11) is 1.76. The Morgan fingerprint density at radius 1 is 1.05 bits per heavy atom. The summed E-state index contributed by atoms with van der Waals surface area (Å²) < 4.78 is 5.52. The highest BCUT2D eigenvalue weighted by Gasteiger charge is 2.25. The Morgan fingerprint density at radius 3 is 2.18 bits per heavy atom. The second-order valence-electron chi connectivity index (χ2n) is 6.36. The van der Waals surface area contributed by atoms with Gasteiger partial charge in [0.1, 0.15) is 5.75 Å². The van der Waals surface area contributed by atoms with E-state index in [0.717, 1.165) is 5.75 Å². The summed E-state index contributed by atoms with van der Waals surface area (Å²) in [5.74, 6) is 1.55. The van der Waals surface area contributed by atoms with Crippen molar-refractivity contribution in [1.29, 1.82) is 0 Å². The third-order valence-electron chi connectivity index (χ3n) is 4.69. The lowest BCUT2D eigenvalue weighted by Gasteiger charge is -2.36. The van der Waals surface area contributed by atoms with Gasteiger partial charge in [0.15, 0.2) is 0 Å². The van der Waals surface area contributed by atoms with Gasteiger partial charge in [-0.25, -0.2) is 0 Å². The van der Waals surface area contributed by atoms with Gasteiger partial charge < -0.3 is 4.74 Å². The Kier molecular flexibility index (Phi) is 8.55. The zero-order chi connectivity index (χ0) is 16.5. The third-order valence-corrected chi connectivity index (χ3v) is 4.69. The lowest BCUT2D eigenvalue weighted by Crippen LogP contribution is -2.40. The van der Waals surface area contributed by atoms with Crippen molar-refractivity contribution >= 4 is 0 Å². The quantitative estimate of drug-likeness (QED) is 0.574. The van der Waals surface area contributed by atoms with Crippen LogP contribution in [0.1, 0.15) is 70.4 Å². The van der Waals surface area contributed by atoms with Crippen molar-refractivity contribution in [3.05, 3.63) is 29.3 Å². The number of rotatable bonds is 10. The average Bonchev–Trinajstić information content (AvgIpc) is 2.52. The van der Waals surface area contributed by atoms with Crippen LogP contribution in [0.5, 0.6) is 5.75 Å². The summed E-state index contributed by atoms with van der Waals surface area (Å²) in [6.07, 6.45) is 4.95. The number of benzene rings is 1. The van der Waals surface area contributed by atoms with Gasteiger partial charge in [0.05, 0.1) is 7.11 Å². The largest absolute Gasteiger partial charge is 0.496 e. The van der Waals surface area contributed by atoms with E-state index in [9.17, 15) is 0 Å². The van der Waals surface area contributed by atoms with Gasteiger partial charge in [-0.15, -0.1) is 0 Å². The topological polar surface area (TPSA) is 12.5 Å². The molecule has 1 aromatic carbocycles. The van der Waals surface area contributed by atoms with E-state index in [-0.39, 0.29) is 0 Å². The molecule has 0 aliphatic heterocycles. The molecule has 2 nitrogen and oxygen atoms in total. The van der Waals surface area contributed by atoms with Crippen molar-refractivity contribution in [2.45, 2.75) is 72.3 Å². The summed E-state index contributed by atoms with van der Waals surface area (Å²) in [6, 6.07) is 7.10. The van der Waals surface area contributed by atoms with Crippen LogP contribution in [0.3, 0.4) is 0 Å². The Balaban J connectivity index is 3.08. The summed E-state index contributed by atoms with van der Waals surface area (Å²) in [6.45, 7) is 13.9. The molecule has 1 unspecified atom stereocenters. The fourth-order valence-electron chi connectivity index (χ4n) is 3.62.